The maximum absolute atomic E-state index is 11.9. The molecule has 0 radical (unpaired) electrons. The summed E-state index contributed by atoms with van der Waals surface area (Å²) in [6.45, 7) is 16.3. The van der Waals surface area contributed by atoms with Crippen molar-refractivity contribution in [3.05, 3.63) is 0 Å². The molecule has 0 aliphatic heterocycles. The molecule has 1 unspecified atom stereocenters. The summed E-state index contributed by atoms with van der Waals surface area (Å²) in [7, 11) is 2.01. The van der Waals surface area contributed by atoms with Crippen LogP contribution < -0.4 is 21.3 Å². The maximum atomic E-state index is 11.9. The van der Waals surface area contributed by atoms with Gasteiger partial charge in [-0.2, -0.15) is 0 Å². The standard InChI is InChI=1S/C17H42N5O4PSi.C3H6O/c1-5-24-28(25-6-2,26-7-3)16-8-9-20-17(23)21-13-15-22(27)14-12-19-11-10-18-4;1-3(2)4/h18-19H,5-16,27H2,1-4H3,(H2,20,21,23);1-2H3. The molecule has 0 saturated carbocycles. The number of amides is 2. The van der Waals surface area contributed by atoms with Crippen LogP contribution in [0.25, 0.3) is 0 Å². The third-order valence-electron chi connectivity index (χ3n) is 3.85. The Bertz CT molecular complexity index is 445. The van der Waals surface area contributed by atoms with E-state index in [-0.39, 0.29) is 11.8 Å². The number of likely N-dealkylation sites (N-methyl/N-ethyl adjacent to an activating group) is 1. The zero-order chi connectivity index (χ0) is 24.7. The Balaban J connectivity index is 0. The van der Waals surface area contributed by atoms with E-state index in [1.807, 2.05) is 27.8 Å². The third kappa shape index (κ3) is 22.5. The SMILES string of the molecule is CC(C)=O.CCO[Si](CCCNC(=O)NCCN(P)CCNCCNC)(OCC)OCC. The zero-order valence-corrected chi connectivity index (χ0v) is 23.2. The van der Waals surface area contributed by atoms with E-state index in [0.717, 1.165) is 39.1 Å². The highest BCUT2D eigenvalue weighted by Gasteiger charge is 2.39. The molecule has 0 aliphatic rings. The maximum Gasteiger partial charge on any atom is 0.500 e. The van der Waals surface area contributed by atoms with Gasteiger partial charge >= 0.3 is 14.8 Å². The second-order valence-corrected chi connectivity index (χ2v) is 10.5. The molecule has 0 rings (SSSR count). The van der Waals surface area contributed by atoms with Crippen LogP contribution in [0.1, 0.15) is 41.0 Å². The molecule has 2 amide bonds. The first-order valence-electron chi connectivity index (χ1n) is 11.5. The molecule has 0 aromatic rings. The van der Waals surface area contributed by atoms with Gasteiger partial charge in [-0.25, -0.2) is 4.79 Å². The van der Waals surface area contributed by atoms with Gasteiger partial charge in [0, 0.05) is 71.7 Å². The molecular weight excluding hydrogens is 449 g/mol. The summed E-state index contributed by atoms with van der Waals surface area (Å²) in [5.41, 5.74) is 0. The molecule has 0 aliphatic carbocycles. The first-order chi connectivity index (χ1) is 15.3. The van der Waals surface area contributed by atoms with Crippen molar-refractivity contribution in [2.45, 2.75) is 47.1 Å². The first-order valence-corrected chi connectivity index (χ1v) is 14.0. The first kappa shape index (κ1) is 33.5. The fourth-order valence-corrected chi connectivity index (χ4v) is 5.43. The number of nitrogens with zero attached hydrogens (tertiary/aromatic N) is 1. The van der Waals surface area contributed by atoms with E-state index >= 15 is 0 Å². The number of rotatable bonds is 19. The Labute approximate surface area is 198 Å². The second-order valence-electron chi connectivity index (χ2n) is 7.07. The van der Waals surface area contributed by atoms with Crippen molar-refractivity contribution in [3.8, 4) is 0 Å². The normalized spacial score (nSPS) is 11.1. The number of urea groups is 1. The number of hydrogen-bond acceptors (Lipinski definition) is 8. The molecular formula is C20H48N5O5PSi. The predicted octanol–water partition coefficient (Wildman–Crippen LogP) is 1.22. The van der Waals surface area contributed by atoms with Crippen LogP contribution in [0, 0.1) is 0 Å². The molecule has 0 fully saturated rings. The summed E-state index contributed by atoms with van der Waals surface area (Å²) >= 11 is 0. The van der Waals surface area contributed by atoms with Gasteiger partial charge in [-0.05, 0) is 48.1 Å². The quantitative estimate of drug-likeness (QED) is 0.120. The van der Waals surface area contributed by atoms with Gasteiger partial charge in [-0.1, -0.05) is 9.39 Å². The average Bonchev–Trinajstić information content (AvgIpc) is 2.71. The number of carbonyl (C=O) groups is 2. The van der Waals surface area contributed by atoms with Crippen molar-refractivity contribution in [2.75, 3.05) is 72.7 Å². The second kappa shape index (κ2) is 23.5. The van der Waals surface area contributed by atoms with Crippen molar-refractivity contribution in [1.82, 2.24) is 25.9 Å². The Hall–Kier alpha value is -0.653. The molecule has 0 saturated heterocycles. The van der Waals surface area contributed by atoms with E-state index in [1.165, 1.54) is 13.8 Å². The number of hydrogen-bond donors (Lipinski definition) is 4. The van der Waals surface area contributed by atoms with Gasteiger partial charge in [0.05, 0.1) is 0 Å². The van der Waals surface area contributed by atoms with Crippen molar-refractivity contribution < 1.29 is 22.9 Å². The minimum absolute atomic E-state index is 0.151. The van der Waals surface area contributed by atoms with Crippen LogP contribution in [0.4, 0.5) is 4.79 Å². The van der Waals surface area contributed by atoms with E-state index in [2.05, 4.69) is 35.3 Å². The Morgan fingerprint density at radius 1 is 0.844 bits per heavy atom. The Morgan fingerprint density at radius 2 is 1.34 bits per heavy atom. The zero-order valence-electron chi connectivity index (χ0n) is 21.1. The van der Waals surface area contributed by atoms with Crippen molar-refractivity contribution in [3.63, 3.8) is 0 Å². The number of carbonyl (C=O) groups excluding carboxylic acids is 2. The van der Waals surface area contributed by atoms with E-state index in [0.29, 0.717) is 39.0 Å². The lowest BCUT2D eigenvalue weighted by Crippen LogP contribution is -2.46. The topological polar surface area (TPSA) is 113 Å². The monoisotopic (exact) mass is 497 g/mol. The summed E-state index contributed by atoms with van der Waals surface area (Å²) in [5.74, 6) is 0.167. The molecule has 12 heteroatoms. The molecule has 10 nitrogen and oxygen atoms in total. The van der Waals surface area contributed by atoms with Crippen molar-refractivity contribution in [1.29, 1.82) is 0 Å². The van der Waals surface area contributed by atoms with E-state index < -0.39 is 8.80 Å². The minimum atomic E-state index is -2.62. The van der Waals surface area contributed by atoms with Crippen LogP contribution >= 0.6 is 9.39 Å². The minimum Gasteiger partial charge on any atom is -0.374 e. The fraction of sp³-hybridized carbons (Fsp3) is 0.900. The number of nitrogens with one attached hydrogen (secondary N) is 4. The molecule has 32 heavy (non-hydrogen) atoms. The van der Waals surface area contributed by atoms with Crippen LogP contribution in [0.5, 0.6) is 0 Å². The molecule has 4 N–H and O–H groups in total. The highest BCUT2D eigenvalue weighted by atomic mass is 31.0. The summed E-state index contributed by atoms with van der Waals surface area (Å²) in [6.07, 6.45) is 0.758. The lowest BCUT2D eigenvalue weighted by molar-refractivity contribution is -0.115. The fourth-order valence-electron chi connectivity index (χ4n) is 2.56. The molecule has 0 heterocycles. The van der Waals surface area contributed by atoms with Crippen molar-refractivity contribution >= 4 is 30.0 Å². The molecule has 192 valence electrons. The average molecular weight is 498 g/mol. The molecule has 0 aromatic carbocycles. The predicted molar refractivity (Wildman–Crippen MR) is 136 cm³/mol. The van der Waals surface area contributed by atoms with Gasteiger partial charge in [0.15, 0.2) is 0 Å². The highest BCUT2D eigenvalue weighted by molar-refractivity contribution is 7.13. The van der Waals surface area contributed by atoms with Crippen LogP contribution in [-0.2, 0) is 18.1 Å². The highest BCUT2D eigenvalue weighted by Crippen LogP contribution is 2.17. The smallest absolute Gasteiger partial charge is 0.374 e. The van der Waals surface area contributed by atoms with E-state index in [9.17, 15) is 9.59 Å². The lowest BCUT2D eigenvalue weighted by atomic mass is 10.5. The van der Waals surface area contributed by atoms with Crippen LogP contribution in [-0.4, -0.2) is 98.0 Å². The number of ketones is 1. The number of Topliss-reactive ketones (excluding diaryl/α,β-unsaturated/α-hetero) is 1. The summed E-state index contributed by atoms with van der Waals surface area (Å²) < 4.78 is 19.5. The van der Waals surface area contributed by atoms with Crippen LogP contribution in [0.15, 0.2) is 0 Å². The Morgan fingerprint density at radius 3 is 1.84 bits per heavy atom. The third-order valence-corrected chi connectivity index (χ3v) is 7.52. The summed E-state index contributed by atoms with van der Waals surface area (Å²) in [6, 6.07) is 0.546. The molecule has 0 bridgehead atoms. The van der Waals surface area contributed by atoms with Gasteiger partial charge < -0.3 is 39.3 Å². The van der Waals surface area contributed by atoms with Crippen LogP contribution in [0.2, 0.25) is 6.04 Å². The van der Waals surface area contributed by atoms with Crippen molar-refractivity contribution in [2.24, 2.45) is 0 Å². The summed E-state index contributed by atoms with van der Waals surface area (Å²) in [4.78, 5) is 21.4. The molecule has 0 aromatic heterocycles. The van der Waals surface area contributed by atoms with Crippen LogP contribution in [0.3, 0.4) is 0 Å². The van der Waals surface area contributed by atoms with Gasteiger partial charge in [0.1, 0.15) is 5.78 Å². The summed E-state index contributed by atoms with van der Waals surface area (Å²) in [5, 5.41) is 12.2. The van der Waals surface area contributed by atoms with Gasteiger partial charge in [0.2, 0.25) is 0 Å². The van der Waals surface area contributed by atoms with E-state index in [4.69, 9.17) is 13.3 Å². The molecule has 1 atom stereocenters. The Kier molecular flexibility index (Phi) is 24.6. The largest absolute Gasteiger partial charge is 0.500 e. The van der Waals surface area contributed by atoms with Gasteiger partial charge in [-0.3, -0.25) is 4.67 Å². The lowest BCUT2D eigenvalue weighted by Gasteiger charge is -2.28. The molecule has 0 spiro atoms. The van der Waals surface area contributed by atoms with E-state index in [1.54, 1.807) is 0 Å². The van der Waals surface area contributed by atoms with Gasteiger partial charge in [-0.15, -0.1) is 0 Å². The van der Waals surface area contributed by atoms with Gasteiger partial charge in [0.25, 0.3) is 0 Å².